The zero-order chi connectivity index (χ0) is 16.6. The topological polar surface area (TPSA) is 9.23 Å². The molecule has 0 radical (unpaired) electrons. The predicted octanol–water partition coefficient (Wildman–Crippen LogP) is 5.95. The standard InChI is InChI=1S/C22H27OS/c1-2-3-15-23-16-7-6-10-19-13-14-22(24-17-8-9-18-24)21-12-5-4-11-20(19)21/h4-7,10-14,16H,2-3,8-9,15,17-18H2,1H3/q+1. The van der Waals surface area contributed by atoms with Crippen LogP contribution < -0.4 is 0 Å². The molecule has 2 heteroatoms. The fourth-order valence-corrected chi connectivity index (χ4v) is 5.62. The lowest BCUT2D eigenvalue weighted by Crippen LogP contribution is -2.04. The molecular weight excluding hydrogens is 312 g/mol. The first-order valence-corrected chi connectivity index (χ1v) is 10.6. The first-order valence-electron chi connectivity index (χ1n) is 9.04. The van der Waals surface area contributed by atoms with Crippen LogP contribution in [0.3, 0.4) is 0 Å². The highest BCUT2D eigenvalue weighted by Crippen LogP contribution is 2.32. The van der Waals surface area contributed by atoms with Gasteiger partial charge in [-0.25, -0.2) is 0 Å². The van der Waals surface area contributed by atoms with Crippen molar-refractivity contribution < 1.29 is 4.74 Å². The molecule has 1 fully saturated rings. The fourth-order valence-electron chi connectivity index (χ4n) is 3.12. The summed E-state index contributed by atoms with van der Waals surface area (Å²) in [6.07, 6.45) is 13.1. The summed E-state index contributed by atoms with van der Waals surface area (Å²) >= 11 is 0. The number of unbranched alkanes of at least 4 members (excludes halogenated alkanes) is 1. The Kier molecular flexibility index (Phi) is 6.42. The highest BCUT2D eigenvalue weighted by molar-refractivity contribution is 7.97. The van der Waals surface area contributed by atoms with Gasteiger partial charge in [0, 0.05) is 16.3 Å². The summed E-state index contributed by atoms with van der Waals surface area (Å²) in [5, 5.41) is 2.80. The summed E-state index contributed by atoms with van der Waals surface area (Å²) in [5.41, 5.74) is 1.29. The average molecular weight is 340 g/mol. The molecule has 0 atom stereocenters. The SMILES string of the molecule is CCCCOC=CC=Cc1ccc([S+]2CCCC2)c2ccccc12. The lowest BCUT2D eigenvalue weighted by atomic mass is 10.0. The average Bonchev–Trinajstić information content (AvgIpc) is 3.15. The second-order valence-electron chi connectivity index (χ2n) is 6.22. The Labute approximate surface area is 148 Å². The summed E-state index contributed by atoms with van der Waals surface area (Å²) in [6, 6.07) is 13.5. The molecule has 1 aliphatic heterocycles. The van der Waals surface area contributed by atoms with Gasteiger partial charge in [0.05, 0.1) is 12.9 Å². The van der Waals surface area contributed by atoms with Gasteiger partial charge in [-0.3, -0.25) is 0 Å². The zero-order valence-electron chi connectivity index (χ0n) is 14.5. The zero-order valence-corrected chi connectivity index (χ0v) is 15.4. The van der Waals surface area contributed by atoms with E-state index in [0.717, 1.165) is 13.0 Å². The van der Waals surface area contributed by atoms with E-state index in [4.69, 9.17) is 4.74 Å². The maximum Gasteiger partial charge on any atom is 0.162 e. The minimum Gasteiger partial charge on any atom is -0.501 e. The molecule has 0 spiro atoms. The van der Waals surface area contributed by atoms with Crippen LogP contribution in [0.15, 0.2) is 59.7 Å². The predicted molar refractivity (Wildman–Crippen MR) is 108 cm³/mol. The third-order valence-corrected chi connectivity index (χ3v) is 6.98. The molecule has 126 valence electrons. The number of fused-ring (bicyclic) bond motifs is 1. The summed E-state index contributed by atoms with van der Waals surface area (Å²) in [7, 11) is 0.456. The van der Waals surface area contributed by atoms with Gasteiger partial charge >= 0.3 is 0 Å². The van der Waals surface area contributed by atoms with Crippen LogP contribution in [0.5, 0.6) is 0 Å². The van der Waals surface area contributed by atoms with Crippen LogP contribution in [-0.2, 0) is 15.6 Å². The molecule has 1 aliphatic rings. The van der Waals surface area contributed by atoms with E-state index in [0.29, 0.717) is 10.9 Å². The second kappa shape index (κ2) is 8.98. The van der Waals surface area contributed by atoms with Crippen LogP contribution in [0.25, 0.3) is 16.8 Å². The lowest BCUT2D eigenvalue weighted by molar-refractivity contribution is 0.244. The third kappa shape index (κ3) is 4.24. The number of ether oxygens (including phenoxy) is 1. The quantitative estimate of drug-likeness (QED) is 0.262. The highest BCUT2D eigenvalue weighted by atomic mass is 32.2. The van der Waals surface area contributed by atoms with E-state index in [1.165, 1.54) is 47.1 Å². The molecule has 3 rings (SSSR count). The van der Waals surface area contributed by atoms with E-state index in [1.54, 1.807) is 11.2 Å². The van der Waals surface area contributed by atoms with Crippen LogP contribution in [0.4, 0.5) is 0 Å². The van der Waals surface area contributed by atoms with Crippen molar-refractivity contribution in [2.75, 3.05) is 18.1 Å². The minimum absolute atomic E-state index is 0.456. The molecule has 1 heterocycles. The molecule has 0 N–H and O–H groups in total. The van der Waals surface area contributed by atoms with Crippen LogP contribution in [-0.4, -0.2) is 18.1 Å². The molecule has 1 saturated heterocycles. The van der Waals surface area contributed by atoms with Gasteiger partial charge in [-0.15, -0.1) is 0 Å². The van der Waals surface area contributed by atoms with Crippen molar-refractivity contribution in [3.8, 4) is 0 Å². The minimum atomic E-state index is 0.456. The molecular formula is C22H27OS+. The van der Waals surface area contributed by atoms with E-state index in [-0.39, 0.29) is 0 Å². The lowest BCUT2D eigenvalue weighted by Gasteiger charge is -2.07. The van der Waals surface area contributed by atoms with Crippen LogP contribution >= 0.6 is 0 Å². The van der Waals surface area contributed by atoms with Gasteiger partial charge in [0.15, 0.2) is 4.90 Å². The number of hydrogen-bond donors (Lipinski definition) is 0. The van der Waals surface area contributed by atoms with Crippen molar-refractivity contribution in [1.82, 2.24) is 0 Å². The summed E-state index contributed by atoms with van der Waals surface area (Å²) in [5.74, 6) is 2.74. The smallest absolute Gasteiger partial charge is 0.162 e. The van der Waals surface area contributed by atoms with Gasteiger partial charge in [-0.05, 0) is 54.5 Å². The Morgan fingerprint density at radius 3 is 2.58 bits per heavy atom. The molecule has 0 aliphatic carbocycles. The first kappa shape index (κ1) is 17.2. The second-order valence-corrected chi connectivity index (χ2v) is 8.46. The van der Waals surface area contributed by atoms with E-state index in [1.807, 2.05) is 6.08 Å². The molecule has 24 heavy (non-hydrogen) atoms. The van der Waals surface area contributed by atoms with E-state index < -0.39 is 0 Å². The summed E-state index contributed by atoms with van der Waals surface area (Å²) < 4.78 is 5.46. The Balaban J connectivity index is 1.78. The van der Waals surface area contributed by atoms with Gasteiger partial charge in [-0.1, -0.05) is 43.7 Å². The molecule has 2 aromatic rings. The monoisotopic (exact) mass is 339 g/mol. The molecule has 0 saturated carbocycles. The largest absolute Gasteiger partial charge is 0.501 e. The highest BCUT2D eigenvalue weighted by Gasteiger charge is 2.28. The molecule has 0 aromatic heterocycles. The van der Waals surface area contributed by atoms with Gasteiger partial charge in [0.1, 0.15) is 11.5 Å². The number of rotatable bonds is 7. The van der Waals surface area contributed by atoms with Crippen LogP contribution in [0, 0.1) is 0 Å². The number of benzene rings is 2. The Bertz CT molecular complexity index is 711. The Morgan fingerprint density at radius 2 is 1.79 bits per heavy atom. The van der Waals surface area contributed by atoms with Crippen molar-refractivity contribution in [2.45, 2.75) is 37.5 Å². The van der Waals surface area contributed by atoms with Crippen LogP contribution in [0.2, 0.25) is 0 Å². The van der Waals surface area contributed by atoms with Crippen molar-refractivity contribution in [3.05, 3.63) is 60.4 Å². The van der Waals surface area contributed by atoms with Crippen molar-refractivity contribution in [2.24, 2.45) is 0 Å². The van der Waals surface area contributed by atoms with Gasteiger partial charge in [0.25, 0.3) is 0 Å². The summed E-state index contributed by atoms with van der Waals surface area (Å²) in [4.78, 5) is 1.57. The normalized spacial score (nSPS) is 15.9. The van der Waals surface area contributed by atoms with Gasteiger partial charge in [-0.2, -0.15) is 0 Å². The maximum atomic E-state index is 5.46. The molecule has 2 aromatic carbocycles. The van der Waals surface area contributed by atoms with Gasteiger partial charge < -0.3 is 4.74 Å². The molecule has 1 nitrogen and oxygen atoms in total. The van der Waals surface area contributed by atoms with E-state index >= 15 is 0 Å². The maximum absolute atomic E-state index is 5.46. The fraction of sp³-hybridized carbons (Fsp3) is 0.364. The van der Waals surface area contributed by atoms with Crippen molar-refractivity contribution in [1.29, 1.82) is 0 Å². The Hall–Kier alpha value is -1.67. The van der Waals surface area contributed by atoms with Gasteiger partial charge in [0.2, 0.25) is 0 Å². The Morgan fingerprint density at radius 1 is 1.00 bits per heavy atom. The first-order chi connectivity index (χ1) is 11.9. The number of hydrogen-bond acceptors (Lipinski definition) is 1. The molecule has 0 unspecified atom stereocenters. The third-order valence-electron chi connectivity index (χ3n) is 4.44. The van der Waals surface area contributed by atoms with Crippen molar-refractivity contribution in [3.63, 3.8) is 0 Å². The van der Waals surface area contributed by atoms with E-state index in [9.17, 15) is 0 Å². The number of allylic oxidation sites excluding steroid dienone is 2. The van der Waals surface area contributed by atoms with Crippen molar-refractivity contribution >= 4 is 27.7 Å². The molecule has 0 bridgehead atoms. The van der Waals surface area contributed by atoms with Crippen LogP contribution in [0.1, 0.15) is 38.2 Å². The summed E-state index contributed by atoms with van der Waals surface area (Å²) in [6.45, 7) is 2.98. The molecule has 0 amide bonds. The van der Waals surface area contributed by atoms with E-state index in [2.05, 4.69) is 55.5 Å².